The first kappa shape index (κ1) is 17.2. The molecule has 1 atom stereocenters. The minimum absolute atomic E-state index is 0.0186. The lowest BCUT2D eigenvalue weighted by Gasteiger charge is -2.12. The Kier molecular flexibility index (Phi) is 5.50. The van der Waals surface area contributed by atoms with Gasteiger partial charge >= 0.3 is 0 Å². The molecule has 0 radical (unpaired) electrons. The molecule has 1 aromatic heterocycles. The minimum atomic E-state index is 0.0186. The Hall–Kier alpha value is -2.60. The van der Waals surface area contributed by atoms with Crippen molar-refractivity contribution in [1.82, 2.24) is 14.8 Å². The average Bonchev–Trinajstić information content (AvgIpc) is 3.02. The average molecular weight is 352 g/mol. The molecule has 0 saturated heterocycles. The molecular weight excluding hydrogens is 332 g/mol. The van der Waals surface area contributed by atoms with Gasteiger partial charge in [-0.05, 0) is 47.5 Å². The fourth-order valence-corrected chi connectivity index (χ4v) is 3.23. The van der Waals surface area contributed by atoms with Crippen molar-refractivity contribution in [3.05, 3.63) is 66.5 Å². The van der Waals surface area contributed by atoms with E-state index >= 15 is 0 Å². The molecule has 0 fully saturated rings. The Morgan fingerprint density at radius 2 is 1.88 bits per heavy atom. The summed E-state index contributed by atoms with van der Waals surface area (Å²) in [6, 6.07) is 17.8. The molecule has 3 rings (SSSR count). The fraction of sp³-hybridized carbons (Fsp3) is 0.211. The molecule has 1 heterocycles. The lowest BCUT2D eigenvalue weighted by atomic mass is 9.97. The van der Waals surface area contributed by atoms with Crippen molar-refractivity contribution in [1.29, 1.82) is 0 Å². The van der Waals surface area contributed by atoms with E-state index in [2.05, 4.69) is 34.6 Å². The Bertz CT molecular complexity index is 830. The molecule has 5 nitrogen and oxygen atoms in total. The summed E-state index contributed by atoms with van der Waals surface area (Å²) in [6.45, 7) is 2.07. The number of carbonyl (C=O) groups is 1. The number of nitrogens with zero attached hydrogens (tertiary/aromatic N) is 3. The molecule has 0 bridgehead atoms. The highest BCUT2D eigenvalue weighted by Gasteiger charge is 2.11. The zero-order chi connectivity index (χ0) is 17.6. The number of aryl methyl sites for hydroxylation is 1. The smallest absolute Gasteiger partial charge is 0.224 e. The van der Waals surface area contributed by atoms with Gasteiger partial charge in [0.05, 0.1) is 0 Å². The SMILES string of the molecule is CC(CC(=O)Nc1ccc(Sc2nncn2C)cc1)c1ccccc1. The number of nitrogens with one attached hydrogen (secondary N) is 1. The Balaban J connectivity index is 1.56. The van der Waals surface area contributed by atoms with E-state index in [0.717, 1.165) is 15.7 Å². The summed E-state index contributed by atoms with van der Waals surface area (Å²) in [5, 5.41) is 11.7. The molecule has 3 aromatic rings. The van der Waals surface area contributed by atoms with E-state index in [4.69, 9.17) is 0 Å². The number of aromatic nitrogens is 3. The van der Waals surface area contributed by atoms with Gasteiger partial charge in [0.1, 0.15) is 6.33 Å². The van der Waals surface area contributed by atoms with Gasteiger partial charge in [0, 0.05) is 24.1 Å². The zero-order valence-electron chi connectivity index (χ0n) is 14.2. The van der Waals surface area contributed by atoms with E-state index in [-0.39, 0.29) is 11.8 Å². The van der Waals surface area contributed by atoms with Gasteiger partial charge in [-0.2, -0.15) is 0 Å². The molecule has 128 valence electrons. The van der Waals surface area contributed by atoms with Crippen molar-refractivity contribution >= 4 is 23.4 Å². The highest BCUT2D eigenvalue weighted by molar-refractivity contribution is 7.99. The van der Waals surface area contributed by atoms with Crippen molar-refractivity contribution in [3.63, 3.8) is 0 Å². The van der Waals surface area contributed by atoms with Crippen LogP contribution in [-0.4, -0.2) is 20.7 Å². The van der Waals surface area contributed by atoms with Crippen LogP contribution in [0.4, 0.5) is 5.69 Å². The van der Waals surface area contributed by atoms with Gasteiger partial charge in [0.15, 0.2) is 5.16 Å². The molecule has 2 aromatic carbocycles. The van der Waals surface area contributed by atoms with Crippen LogP contribution < -0.4 is 5.32 Å². The highest BCUT2D eigenvalue weighted by Crippen LogP contribution is 2.26. The molecular formula is C19H20N4OS. The van der Waals surface area contributed by atoms with Gasteiger partial charge in [0.25, 0.3) is 0 Å². The van der Waals surface area contributed by atoms with Crippen LogP contribution in [0.25, 0.3) is 0 Å². The van der Waals surface area contributed by atoms with E-state index < -0.39 is 0 Å². The van der Waals surface area contributed by atoms with Crippen LogP contribution in [0.5, 0.6) is 0 Å². The first-order valence-corrected chi connectivity index (χ1v) is 8.90. The lowest BCUT2D eigenvalue weighted by molar-refractivity contribution is -0.116. The molecule has 0 aliphatic heterocycles. The first-order chi connectivity index (χ1) is 12.1. The summed E-state index contributed by atoms with van der Waals surface area (Å²) in [5.74, 6) is 0.206. The summed E-state index contributed by atoms with van der Waals surface area (Å²) < 4.78 is 1.87. The van der Waals surface area contributed by atoms with Crippen LogP contribution in [0.15, 0.2) is 71.0 Å². The van der Waals surface area contributed by atoms with E-state index in [1.54, 1.807) is 6.33 Å². The normalized spacial score (nSPS) is 11.9. The Labute approximate surface area is 151 Å². The molecule has 1 amide bonds. The van der Waals surface area contributed by atoms with Crippen molar-refractivity contribution in [2.45, 2.75) is 29.3 Å². The molecule has 1 N–H and O–H groups in total. The topological polar surface area (TPSA) is 59.8 Å². The molecule has 25 heavy (non-hydrogen) atoms. The Morgan fingerprint density at radius 3 is 2.52 bits per heavy atom. The van der Waals surface area contributed by atoms with Gasteiger partial charge in [-0.15, -0.1) is 10.2 Å². The van der Waals surface area contributed by atoms with Crippen LogP contribution in [0.1, 0.15) is 24.8 Å². The number of hydrogen-bond acceptors (Lipinski definition) is 4. The maximum Gasteiger partial charge on any atom is 0.224 e. The largest absolute Gasteiger partial charge is 0.326 e. The predicted octanol–water partition coefficient (Wildman–Crippen LogP) is 4.10. The second-order valence-electron chi connectivity index (χ2n) is 5.91. The second kappa shape index (κ2) is 7.98. The predicted molar refractivity (Wildman–Crippen MR) is 99.7 cm³/mol. The lowest BCUT2D eigenvalue weighted by Crippen LogP contribution is -2.14. The summed E-state index contributed by atoms with van der Waals surface area (Å²) >= 11 is 1.53. The third kappa shape index (κ3) is 4.70. The van der Waals surface area contributed by atoms with Gasteiger partial charge in [-0.25, -0.2) is 0 Å². The van der Waals surface area contributed by atoms with E-state index in [1.165, 1.54) is 17.3 Å². The first-order valence-electron chi connectivity index (χ1n) is 8.08. The summed E-state index contributed by atoms with van der Waals surface area (Å²) in [6.07, 6.45) is 2.13. The van der Waals surface area contributed by atoms with E-state index in [1.807, 2.05) is 54.1 Å². The number of anilines is 1. The molecule has 0 saturated carbocycles. The molecule has 0 aliphatic rings. The minimum Gasteiger partial charge on any atom is -0.326 e. The van der Waals surface area contributed by atoms with E-state index in [9.17, 15) is 4.79 Å². The number of benzene rings is 2. The van der Waals surface area contributed by atoms with E-state index in [0.29, 0.717) is 6.42 Å². The van der Waals surface area contributed by atoms with Crippen LogP contribution in [-0.2, 0) is 11.8 Å². The third-order valence-corrected chi connectivity index (χ3v) is 4.94. The highest BCUT2D eigenvalue weighted by atomic mass is 32.2. The molecule has 0 aliphatic carbocycles. The number of carbonyl (C=O) groups excluding carboxylic acids is 1. The van der Waals surface area contributed by atoms with Crippen molar-refractivity contribution < 1.29 is 4.79 Å². The van der Waals surface area contributed by atoms with Crippen LogP contribution in [0.3, 0.4) is 0 Å². The quantitative estimate of drug-likeness (QED) is 0.726. The number of rotatable bonds is 6. The van der Waals surface area contributed by atoms with Gasteiger partial charge < -0.3 is 9.88 Å². The van der Waals surface area contributed by atoms with Gasteiger partial charge in [0.2, 0.25) is 5.91 Å². The van der Waals surface area contributed by atoms with Gasteiger partial charge in [-0.1, -0.05) is 37.3 Å². The second-order valence-corrected chi connectivity index (χ2v) is 6.96. The molecule has 1 unspecified atom stereocenters. The van der Waals surface area contributed by atoms with Crippen LogP contribution in [0, 0.1) is 0 Å². The third-order valence-electron chi connectivity index (χ3n) is 3.88. The van der Waals surface area contributed by atoms with Crippen molar-refractivity contribution in [2.75, 3.05) is 5.32 Å². The monoisotopic (exact) mass is 352 g/mol. The number of amides is 1. The maximum absolute atomic E-state index is 12.2. The van der Waals surface area contributed by atoms with Gasteiger partial charge in [-0.3, -0.25) is 4.79 Å². The standard InChI is InChI=1S/C19H20N4OS/c1-14(15-6-4-3-5-7-15)12-18(24)21-16-8-10-17(11-9-16)25-19-22-20-13-23(19)2/h3-11,13-14H,12H2,1-2H3,(H,21,24). The summed E-state index contributed by atoms with van der Waals surface area (Å²) in [7, 11) is 1.91. The number of hydrogen-bond donors (Lipinski definition) is 1. The fourth-order valence-electron chi connectivity index (χ4n) is 2.47. The van der Waals surface area contributed by atoms with Crippen LogP contribution in [0.2, 0.25) is 0 Å². The zero-order valence-corrected chi connectivity index (χ0v) is 15.0. The van der Waals surface area contributed by atoms with Crippen LogP contribution >= 0.6 is 11.8 Å². The maximum atomic E-state index is 12.2. The molecule has 0 spiro atoms. The summed E-state index contributed by atoms with van der Waals surface area (Å²) in [5.41, 5.74) is 1.97. The summed E-state index contributed by atoms with van der Waals surface area (Å²) in [4.78, 5) is 13.3. The van der Waals surface area contributed by atoms with Crippen molar-refractivity contribution in [3.8, 4) is 0 Å². The van der Waals surface area contributed by atoms with Crippen molar-refractivity contribution in [2.24, 2.45) is 7.05 Å². The Morgan fingerprint density at radius 1 is 1.16 bits per heavy atom. The molecule has 6 heteroatoms.